The molecule has 1 aliphatic rings. The van der Waals surface area contributed by atoms with Crippen LogP contribution in [0.15, 0.2) is 36.4 Å². The number of hydrogen-bond acceptors (Lipinski definition) is 4. The quantitative estimate of drug-likeness (QED) is 0.808. The van der Waals surface area contributed by atoms with E-state index in [0.717, 1.165) is 16.1 Å². The van der Waals surface area contributed by atoms with Crippen molar-refractivity contribution in [2.45, 2.75) is 38.9 Å². The lowest BCUT2D eigenvalue weighted by Gasteiger charge is -2.32. The molecule has 0 spiro atoms. The Bertz CT molecular complexity index is 662. The summed E-state index contributed by atoms with van der Waals surface area (Å²) in [6, 6.07) is 12.3. The normalized spacial score (nSPS) is 19.4. The van der Waals surface area contributed by atoms with Gasteiger partial charge in [0.25, 0.3) is 0 Å². The van der Waals surface area contributed by atoms with Crippen molar-refractivity contribution in [3.63, 3.8) is 0 Å². The van der Waals surface area contributed by atoms with E-state index in [1.54, 1.807) is 18.4 Å². The second-order valence-electron chi connectivity index (χ2n) is 6.52. The zero-order valence-corrected chi connectivity index (χ0v) is 14.5. The molecule has 0 bridgehead atoms. The number of hydrogen-bond donors (Lipinski definition) is 0. The Morgan fingerprint density at radius 3 is 2.32 bits per heavy atom. The maximum absolute atomic E-state index is 6.11. The van der Waals surface area contributed by atoms with Crippen molar-refractivity contribution >= 4 is 23.2 Å². The second-order valence-corrected chi connectivity index (χ2v) is 7.64. The molecule has 0 unspecified atom stereocenters. The third-order valence-corrected chi connectivity index (χ3v) is 5.62. The molecule has 1 aliphatic heterocycles. The fourth-order valence-corrected chi connectivity index (χ4v) is 3.33. The van der Waals surface area contributed by atoms with Gasteiger partial charge >= 0.3 is 7.12 Å². The molecule has 2 aromatic rings. The molecular weight excluding hydrogens is 295 g/mol. The molecule has 0 saturated carbocycles. The number of rotatable bonds is 3. The van der Waals surface area contributed by atoms with Crippen molar-refractivity contribution in [1.82, 2.24) is 0 Å². The maximum Gasteiger partial charge on any atom is 0.505 e. The summed E-state index contributed by atoms with van der Waals surface area (Å²) in [5.74, 6) is 0.864. The summed E-state index contributed by atoms with van der Waals surface area (Å²) in [5.41, 5.74) is 0.530. The molecule has 2 heterocycles. The lowest BCUT2D eigenvalue weighted by molar-refractivity contribution is 0.00578. The van der Waals surface area contributed by atoms with E-state index >= 15 is 0 Å². The summed E-state index contributed by atoms with van der Waals surface area (Å²) >= 11 is 1.70. The summed E-state index contributed by atoms with van der Waals surface area (Å²) in [7, 11) is 1.39. The van der Waals surface area contributed by atoms with Gasteiger partial charge in [-0.05, 0) is 51.5 Å². The molecule has 22 heavy (non-hydrogen) atoms. The van der Waals surface area contributed by atoms with Crippen LogP contribution in [0.25, 0.3) is 10.4 Å². The van der Waals surface area contributed by atoms with Crippen molar-refractivity contribution in [3.05, 3.63) is 36.4 Å². The van der Waals surface area contributed by atoms with E-state index in [-0.39, 0.29) is 18.3 Å². The Morgan fingerprint density at radius 2 is 1.68 bits per heavy atom. The number of ether oxygens (including phenoxy) is 1. The number of benzene rings is 1. The Hall–Kier alpha value is -1.30. The molecule has 1 aromatic heterocycles. The Kier molecular flexibility index (Phi) is 3.83. The van der Waals surface area contributed by atoms with Gasteiger partial charge in [0.2, 0.25) is 0 Å². The summed E-state index contributed by atoms with van der Waals surface area (Å²) in [6.07, 6.45) is 0. The average Bonchev–Trinajstić information content (AvgIpc) is 3.02. The Labute approximate surface area is 136 Å². The minimum atomic E-state index is -0.308. The first-order valence-corrected chi connectivity index (χ1v) is 8.24. The van der Waals surface area contributed by atoms with Crippen molar-refractivity contribution < 1.29 is 14.0 Å². The molecule has 3 nitrogen and oxygen atoms in total. The van der Waals surface area contributed by atoms with Crippen LogP contribution in [0.4, 0.5) is 0 Å². The predicted octanol–water partition coefficient (Wildman–Crippen LogP) is 3.72. The van der Waals surface area contributed by atoms with Gasteiger partial charge in [0.1, 0.15) is 5.75 Å². The molecule has 3 rings (SSSR count). The fraction of sp³-hybridized carbons (Fsp3) is 0.412. The lowest BCUT2D eigenvalue weighted by Crippen LogP contribution is -2.41. The van der Waals surface area contributed by atoms with Crippen LogP contribution in [-0.4, -0.2) is 25.4 Å². The topological polar surface area (TPSA) is 27.7 Å². The lowest BCUT2D eigenvalue weighted by atomic mass is 9.88. The third-order valence-electron chi connectivity index (χ3n) is 4.47. The molecule has 0 radical (unpaired) electrons. The summed E-state index contributed by atoms with van der Waals surface area (Å²) in [5, 5.41) is 0. The predicted molar refractivity (Wildman–Crippen MR) is 92.0 cm³/mol. The monoisotopic (exact) mass is 316 g/mol. The van der Waals surface area contributed by atoms with E-state index < -0.39 is 0 Å². The van der Waals surface area contributed by atoms with Gasteiger partial charge < -0.3 is 14.0 Å². The average molecular weight is 316 g/mol. The van der Waals surface area contributed by atoms with Crippen LogP contribution in [0.3, 0.4) is 0 Å². The Balaban J connectivity index is 1.86. The van der Waals surface area contributed by atoms with Gasteiger partial charge in [-0.25, -0.2) is 0 Å². The first-order valence-electron chi connectivity index (χ1n) is 7.42. The third kappa shape index (κ3) is 2.69. The van der Waals surface area contributed by atoms with Gasteiger partial charge in [0.05, 0.1) is 18.3 Å². The molecular formula is C17H21BO3S. The molecule has 116 valence electrons. The fourth-order valence-electron chi connectivity index (χ4n) is 2.37. The van der Waals surface area contributed by atoms with E-state index in [2.05, 4.69) is 45.9 Å². The zero-order chi connectivity index (χ0) is 16.0. The molecule has 1 aromatic carbocycles. The van der Waals surface area contributed by atoms with Crippen LogP contribution in [-0.2, 0) is 9.31 Å². The maximum atomic E-state index is 6.11. The van der Waals surface area contributed by atoms with E-state index in [1.165, 1.54) is 4.88 Å². The van der Waals surface area contributed by atoms with Gasteiger partial charge in [-0.3, -0.25) is 0 Å². The minimum Gasteiger partial charge on any atom is -0.497 e. The van der Waals surface area contributed by atoms with Gasteiger partial charge in [0, 0.05) is 9.65 Å². The van der Waals surface area contributed by atoms with Crippen molar-refractivity contribution in [3.8, 4) is 16.2 Å². The second kappa shape index (κ2) is 5.41. The molecule has 1 fully saturated rings. The highest BCUT2D eigenvalue weighted by Gasteiger charge is 2.52. The smallest absolute Gasteiger partial charge is 0.497 e. The zero-order valence-electron chi connectivity index (χ0n) is 13.7. The van der Waals surface area contributed by atoms with Crippen molar-refractivity contribution in [1.29, 1.82) is 0 Å². The van der Waals surface area contributed by atoms with E-state index in [1.807, 2.05) is 18.2 Å². The first-order chi connectivity index (χ1) is 10.3. The van der Waals surface area contributed by atoms with Gasteiger partial charge in [0.15, 0.2) is 0 Å². The molecule has 5 heteroatoms. The highest BCUT2D eigenvalue weighted by Crippen LogP contribution is 2.37. The molecule has 0 N–H and O–H groups in total. The summed E-state index contributed by atoms with van der Waals surface area (Å²) < 4.78 is 18.6. The summed E-state index contributed by atoms with van der Waals surface area (Å²) in [6.45, 7) is 8.29. The highest BCUT2D eigenvalue weighted by molar-refractivity contribution is 7.25. The highest BCUT2D eigenvalue weighted by atomic mass is 32.1. The molecule has 0 amide bonds. The molecule has 0 atom stereocenters. The van der Waals surface area contributed by atoms with Crippen LogP contribution >= 0.6 is 11.3 Å². The van der Waals surface area contributed by atoms with E-state index in [4.69, 9.17) is 14.0 Å². The van der Waals surface area contributed by atoms with Crippen LogP contribution < -0.4 is 9.51 Å². The first kappa shape index (κ1) is 15.6. The van der Waals surface area contributed by atoms with Gasteiger partial charge in [-0.1, -0.05) is 18.2 Å². The molecule has 0 aliphatic carbocycles. The number of methoxy groups -OCH3 is 1. The standard InChI is InChI=1S/C17H21BO3S/c1-16(2)17(3,4)21-18(20-16)15-10-9-14(22-15)12-7-6-8-13(11-12)19-5/h6-11H,1-5H3. The minimum absolute atomic E-state index is 0.297. The van der Waals surface area contributed by atoms with Crippen LogP contribution in [0.5, 0.6) is 5.75 Å². The van der Waals surface area contributed by atoms with Crippen LogP contribution in [0, 0.1) is 0 Å². The largest absolute Gasteiger partial charge is 0.505 e. The van der Waals surface area contributed by atoms with Crippen LogP contribution in [0.2, 0.25) is 0 Å². The van der Waals surface area contributed by atoms with E-state index in [0.29, 0.717) is 0 Å². The SMILES string of the molecule is COc1cccc(-c2ccc(B3OC(C)(C)C(C)(C)O3)s2)c1. The van der Waals surface area contributed by atoms with Gasteiger partial charge in [-0.15, -0.1) is 11.3 Å². The van der Waals surface area contributed by atoms with Crippen LogP contribution in [0.1, 0.15) is 27.7 Å². The van der Waals surface area contributed by atoms with Crippen molar-refractivity contribution in [2.75, 3.05) is 7.11 Å². The molecule has 1 saturated heterocycles. The Morgan fingerprint density at radius 1 is 1.00 bits per heavy atom. The number of thiophene rings is 1. The summed E-state index contributed by atoms with van der Waals surface area (Å²) in [4.78, 5) is 1.18. The van der Waals surface area contributed by atoms with E-state index in [9.17, 15) is 0 Å². The van der Waals surface area contributed by atoms with Crippen molar-refractivity contribution in [2.24, 2.45) is 0 Å². The van der Waals surface area contributed by atoms with Gasteiger partial charge in [-0.2, -0.15) is 0 Å².